The lowest BCUT2D eigenvalue weighted by atomic mass is 10.1. The molecule has 0 unspecified atom stereocenters. The summed E-state index contributed by atoms with van der Waals surface area (Å²) in [5, 5.41) is 0.972. The Kier molecular flexibility index (Phi) is 4.23. The maximum absolute atomic E-state index is 13.7. The molecular weight excluding hydrogens is 351 g/mol. The minimum absolute atomic E-state index is 0.192. The van der Waals surface area contributed by atoms with E-state index in [1.807, 2.05) is 6.07 Å². The van der Waals surface area contributed by atoms with Crippen molar-refractivity contribution in [1.29, 1.82) is 0 Å². The number of aromatic nitrogens is 1. The Bertz CT molecular complexity index is 1090. The second-order valence-corrected chi connectivity index (χ2v) is 8.60. The van der Waals surface area contributed by atoms with Gasteiger partial charge in [0.2, 0.25) is 0 Å². The van der Waals surface area contributed by atoms with E-state index in [4.69, 9.17) is 0 Å². The number of hydrogen-bond acceptors (Lipinski definition) is 2. The third kappa shape index (κ3) is 3.09. The van der Waals surface area contributed by atoms with E-state index in [0.29, 0.717) is 5.56 Å². The Hall–Kier alpha value is -2.34. The highest BCUT2D eigenvalue weighted by atomic mass is 32.2. The molecule has 1 aromatic heterocycles. The van der Waals surface area contributed by atoms with Gasteiger partial charge in [0.05, 0.1) is 10.6 Å². The molecule has 0 atom stereocenters. The van der Waals surface area contributed by atoms with E-state index in [1.54, 1.807) is 31.2 Å². The minimum atomic E-state index is -3.78. The van der Waals surface area contributed by atoms with Gasteiger partial charge in [0.1, 0.15) is 5.82 Å². The number of aromatic amines is 1. The lowest BCUT2D eigenvalue weighted by Gasteiger charge is -2.09. The standard InChI is InChI=1S/C20H21FN2O2S/c1-13-7-8-14(11-18(13)21)23-26(24,25)15-9-10-20-17(12-15)16-5-3-2-4-6-19(16)22-20/h7-12,22-23H,2-6H2,1H3. The summed E-state index contributed by atoms with van der Waals surface area (Å²) in [7, 11) is -3.78. The van der Waals surface area contributed by atoms with Gasteiger partial charge in [-0.15, -0.1) is 0 Å². The lowest BCUT2D eigenvalue weighted by molar-refractivity contribution is 0.601. The maximum atomic E-state index is 13.7. The van der Waals surface area contributed by atoms with Crippen LogP contribution in [0.2, 0.25) is 0 Å². The van der Waals surface area contributed by atoms with Gasteiger partial charge in [0, 0.05) is 16.6 Å². The van der Waals surface area contributed by atoms with E-state index in [9.17, 15) is 12.8 Å². The molecule has 1 aliphatic rings. The summed E-state index contributed by atoms with van der Waals surface area (Å²) >= 11 is 0. The molecule has 1 aliphatic carbocycles. The van der Waals surface area contributed by atoms with Gasteiger partial charge in [0.25, 0.3) is 10.0 Å². The lowest BCUT2D eigenvalue weighted by Crippen LogP contribution is -2.13. The number of hydrogen-bond donors (Lipinski definition) is 2. The SMILES string of the molecule is Cc1ccc(NS(=O)(=O)c2ccc3[nH]c4c(c3c2)CCCCC4)cc1F. The zero-order chi connectivity index (χ0) is 18.3. The fraction of sp³-hybridized carbons (Fsp3) is 0.300. The van der Waals surface area contributed by atoms with E-state index < -0.39 is 15.8 Å². The predicted octanol–water partition coefficient (Wildman–Crippen LogP) is 4.69. The molecule has 0 spiro atoms. The fourth-order valence-electron chi connectivity index (χ4n) is 3.60. The van der Waals surface area contributed by atoms with Crippen LogP contribution in [-0.2, 0) is 22.9 Å². The number of anilines is 1. The number of nitrogens with one attached hydrogen (secondary N) is 2. The first-order chi connectivity index (χ1) is 12.4. The predicted molar refractivity (Wildman–Crippen MR) is 102 cm³/mol. The molecule has 0 radical (unpaired) electrons. The van der Waals surface area contributed by atoms with Gasteiger partial charge in [-0.25, -0.2) is 12.8 Å². The van der Waals surface area contributed by atoms with Gasteiger partial charge in [-0.2, -0.15) is 0 Å². The third-order valence-electron chi connectivity index (χ3n) is 5.05. The van der Waals surface area contributed by atoms with Gasteiger partial charge in [-0.1, -0.05) is 12.5 Å². The van der Waals surface area contributed by atoms with Gasteiger partial charge < -0.3 is 4.98 Å². The van der Waals surface area contributed by atoms with Gasteiger partial charge >= 0.3 is 0 Å². The summed E-state index contributed by atoms with van der Waals surface area (Å²) in [4.78, 5) is 3.62. The first-order valence-corrected chi connectivity index (χ1v) is 10.3. The van der Waals surface area contributed by atoms with E-state index in [-0.39, 0.29) is 10.6 Å². The average Bonchev–Trinajstić information content (AvgIpc) is 2.78. The first kappa shape index (κ1) is 17.1. The Morgan fingerprint density at radius 3 is 2.65 bits per heavy atom. The molecule has 0 bridgehead atoms. The number of halogens is 1. The zero-order valence-electron chi connectivity index (χ0n) is 14.6. The van der Waals surface area contributed by atoms with Crippen molar-refractivity contribution >= 4 is 26.6 Å². The molecule has 6 heteroatoms. The normalized spacial score (nSPS) is 14.8. The number of aryl methyl sites for hydroxylation is 3. The van der Waals surface area contributed by atoms with Crippen molar-refractivity contribution in [3.05, 3.63) is 59.0 Å². The number of rotatable bonds is 3. The highest BCUT2D eigenvalue weighted by Gasteiger charge is 2.19. The smallest absolute Gasteiger partial charge is 0.261 e. The second kappa shape index (κ2) is 6.43. The van der Waals surface area contributed by atoms with Gasteiger partial charge in [0.15, 0.2) is 0 Å². The van der Waals surface area contributed by atoms with Crippen LogP contribution >= 0.6 is 0 Å². The van der Waals surface area contributed by atoms with Crippen LogP contribution in [-0.4, -0.2) is 13.4 Å². The molecule has 0 aliphatic heterocycles. The molecule has 3 aromatic rings. The summed E-state index contributed by atoms with van der Waals surface area (Å²) in [6.45, 7) is 1.64. The molecular formula is C20H21FN2O2S. The zero-order valence-corrected chi connectivity index (χ0v) is 15.4. The molecule has 2 N–H and O–H groups in total. The van der Waals surface area contributed by atoms with Crippen LogP contribution in [0.4, 0.5) is 10.1 Å². The highest BCUT2D eigenvalue weighted by Crippen LogP contribution is 2.30. The topological polar surface area (TPSA) is 62.0 Å². The van der Waals surface area contributed by atoms with Crippen LogP contribution in [0.15, 0.2) is 41.3 Å². The number of H-pyrrole nitrogens is 1. The van der Waals surface area contributed by atoms with Crippen molar-refractivity contribution in [2.75, 3.05) is 4.72 Å². The maximum Gasteiger partial charge on any atom is 0.261 e. The van der Waals surface area contributed by atoms with Crippen molar-refractivity contribution in [2.24, 2.45) is 0 Å². The van der Waals surface area contributed by atoms with Crippen molar-refractivity contribution in [2.45, 2.75) is 43.9 Å². The largest absolute Gasteiger partial charge is 0.358 e. The fourth-order valence-corrected chi connectivity index (χ4v) is 4.67. The number of benzene rings is 2. The quantitative estimate of drug-likeness (QED) is 0.656. The Balaban J connectivity index is 1.72. The van der Waals surface area contributed by atoms with Crippen molar-refractivity contribution < 1.29 is 12.8 Å². The van der Waals surface area contributed by atoms with Crippen molar-refractivity contribution in [3.8, 4) is 0 Å². The van der Waals surface area contributed by atoms with Crippen LogP contribution < -0.4 is 4.72 Å². The second-order valence-electron chi connectivity index (χ2n) is 6.92. The summed E-state index contributed by atoms with van der Waals surface area (Å²) in [6, 6.07) is 9.45. The van der Waals surface area contributed by atoms with Crippen LogP contribution in [0.25, 0.3) is 10.9 Å². The van der Waals surface area contributed by atoms with Crippen LogP contribution in [0, 0.1) is 12.7 Å². The number of sulfonamides is 1. The van der Waals surface area contributed by atoms with Crippen LogP contribution in [0.1, 0.15) is 36.1 Å². The van der Waals surface area contributed by atoms with Crippen LogP contribution in [0.3, 0.4) is 0 Å². The van der Waals surface area contributed by atoms with Crippen molar-refractivity contribution in [3.63, 3.8) is 0 Å². The number of fused-ring (bicyclic) bond motifs is 3. The summed E-state index contributed by atoms with van der Waals surface area (Å²) in [6.07, 6.45) is 5.45. The molecule has 0 amide bonds. The Morgan fingerprint density at radius 2 is 1.85 bits per heavy atom. The van der Waals surface area contributed by atoms with Gasteiger partial charge in [-0.3, -0.25) is 4.72 Å². The monoisotopic (exact) mass is 372 g/mol. The Labute approximate surface area is 152 Å². The molecule has 26 heavy (non-hydrogen) atoms. The highest BCUT2D eigenvalue weighted by molar-refractivity contribution is 7.92. The molecule has 4 rings (SSSR count). The molecule has 2 aromatic carbocycles. The van der Waals surface area contributed by atoms with E-state index in [2.05, 4.69) is 9.71 Å². The summed E-state index contributed by atoms with van der Waals surface area (Å²) in [5.74, 6) is -0.434. The Morgan fingerprint density at radius 1 is 1.04 bits per heavy atom. The van der Waals surface area contributed by atoms with Crippen molar-refractivity contribution in [1.82, 2.24) is 4.98 Å². The third-order valence-corrected chi connectivity index (χ3v) is 6.43. The molecule has 1 heterocycles. The van der Waals surface area contributed by atoms with E-state index in [0.717, 1.165) is 36.6 Å². The molecule has 0 fully saturated rings. The molecule has 4 nitrogen and oxygen atoms in total. The van der Waals surface area contributed by atoms with Gasteiger partial charge in [-0.05, 0) is 74.1 Å². The first-order valence-electron chi connectivity index (χ1n) is 8.86. The van der Waals surface area contributed by atoms with E-state index in [1.165, 1.54) is 23.7 Å². The molecule has 0 saturated carbocycles. The minimum Gasteiger partial charge on any atom is -0.358 e. The average molecular weight is 372 g/mol. The summed E-state index contributed by atoms with van der Waals surface area (Å²) in [5.41, 5.74) is 4.12. The van der Waals surface area contributed by atoms with E-state index >= 15 is 0 Å². The molecule has 136 valence electrons. The molecule has 0 saturated heterocycles. The van der Waals surface area contributed by atoms with Crippen LogP contribution in [0.5, 0.6) is 0 Å². The summed E-state index contributed by atoms with van der Waals surface area (Å²) < 4.78 is 41.7.